The van der Waals surface area contributed by atoms with Crippen LogP contribution >= 0.6 is 0 Å². The summed E-state index contributed by atoms with van der Waals surface area (Å²) in [6, 6.07) is 0. The van der Waals surface area contributed by atoms with Crippen molar-refractivity contribution >= 4 is 12.2 Å². The first-order valence-corrected chi connectivity index (χ1v) is 11.3. The second-order valence-corrected chi connectivity index (χ2v) is 8.57. The molecule has 2 N–H and O–H groups in total. The summed E-state index contributed by atoms with van der Waals surface area (Å²) < 4.78 is 11.8. The molecular formula is C23H45NO5. The first kappa shape index (κ1) is 28.0. The molecule has 0 aliphatic heterocycles. The van der Waals surface area contributed by atoms with Crippen LogP contribution in [0.2, 0.25) is 0 Å². The molecule has 1 amide bonds. The van der Waals surface area contributed by atoms with E-state index in [1.807, 2.05) is 13.8 Å². The second kappa shape index (κ2) is 14.9. The lowest BCUT2D eigenvalue weighted by atomic mass is 9.88. The molecule has 0 fully saturated rings. The molecule has 0 heterocycles. The Kier molecular flexibility index (Phi) is 14.4. The third-order valence-corrected chi connectivity index (χ3v) is 6.02. The van der Waals surface area contributed by atoms with E-state index in [0.29, 0.717) is 19.6 Å². The molecule has 0 rings (SSSR count). The summed E-state index contributed by atoms with van der Waals surface area (Å²) in [6.45, 7) is 13.0. The first-order valence-electron chi connectivity index (χ1n) is 11.3. The van der Waals surface area contributed by atoms with E-state index >= 15 is 0 Å². The molecule has 0 saturated carbocycles. The number of nitrogens with one attached hydrogen (secondary N) is 1. The topological polar surface area (TPSA) is 84.9 Å². The lowest BCUT2D eigenvalue weighted by Crippen LogP contribution is -2.55. The van der Waals surface area contributed by atoms with E-state index in [1.165, 1.54) is 0 Å². The molecule has 0 aromatic rings. The highest BCUT2D eigenvalue weighted by Crippen LogP contribution is 2.23. The van der Waals surface area contributed by atoms with Crippen LogP contribution in [0.5, 0.6) is 0 Å². The van der Waals surface area contributed by atoms with Crippen molar-refractivity contribution in [3.05, 3.63) is 0 Å². The van der Waals surface area contributed by atoms with Crippen molar-refractivity contribution in [1.29, 1.82) is 0 Å². The monoisotopic (exact) mass is 415 g/mol. The summed E-state index contributed by atoms with van der Waals surface area (Å²) in [5, 5.41) is 12.5. The van der Waals surface area contributed by atoms with Crippen LogP contribution in [-0.4, -0.2) is 54.4 Å². The minimum absolute atomic E-state index is 0.106. The smallest absolute Gasteiger partial charge is 0.252 e. The minimum Gasteiger partial charge on any atom is -0.396 e. The molecule has 0 aliphatic carbocycles. The predicted molar refractivity (Wildman–Crippen MR) is 117 cm³/mol. The van der Waals surface area contributed by atoms with Crippen molar-refractivity contribution in [1.82, 2.24) is 5.32 Å². The lowest BCUT2D eigenvalue weighted by Gasteiger charge is -2.37. The van der Waals surface area contributed by atoms with Crippen molar-refractivity contribution in [2.75, 3.05) is 19.8 Å². The number of unbranched alkanes of at least 4 members (excludes halogenated alkanes) is 1. The van der Waals surface area contributed by atoms with E-state index in [2.05, 4.69) is 19.2 Å². The number of hydrogen-bond donors (Lipinski definition) is 2. The molecule has 6 nitrogen and oxygen atoms in total. The standard InChI is InChI=1S/C23H45NO5/c1-7-20(18-26)13-16-29-22(5,6)21(27)24-23(8-2,9-3)14-17-28-19(4)12-10-11-15-25/h15,19-20,26H,7-14,16-18H2,1-6H3,(H,24,27). The SMILES string of the molecule is CCC(CO)CCOC(C)(C)C(=O)NC(CC)(CC)CCOC(C)CCCC=O. The number of carbonyl (C=O) groups excluding carboxylic acids is 2. The van der Waals surface area contributed by atoms with E-state index in [1.54, 1.807) is 13.8 Å². The highest BCUT2D eigenvalue weighted by atomic mass is 16.5. The van der Waals surface area contributed by atoms with Gasteiger partial charge in [-0.1, -0.05) is 27.2 Å². The highest BCUT2D eigenvalue weighted by molar-refractivity contribution is 5.85. The van der Waals surface area contributed by atoms with Gasteiger partial charge < -0.3 is 24.7 Å². The average Bonchev–Trinajstić information content (AvgIpc) is 2.70. The van der Waals surface area contributed by atoms with E-state index < -0.39 is 5.60 Å². The molecule has 0 aromatic carbocycles. The normalized spacial score (nSPS) is 14.4. The summed E-state index contributed by atoms with van der Waals surface area (Å²) in [6.07, 6.45) is 7.34. The summed E-state index contributed by atoms with van der Waals surface area (Å²) >= 11 is 0. The van der Waals surface area contributed by atoms with Crippen molar-refractivity contribution in [3.8, 4) is 0 Å². The highest BCUT2D eigenvalue weighted by Gasteiger charge is 2.35. The van der Waals surface area contributed by atoms with Gasteiger partial charge in [0.2, 0.25) is 0 Å². The molecule has 172 valence electrons. The molecule has 0 radical (unpaired) electrons. The number of ether oxygens (including phenoxy) is 2. The van der Waals surface area contributed by atoms with Gasteiger partial charge in [0.05, 0.1) is 6.10 Å². The van der Waals surface area contributed by atoms with E-state index in [0.717, 1.165) is 51.2 Å². The Balaban J connectivity index is 4.64. The average molecular weight is 416 g/mol. The number of amides is 1. The minimum atomic E-state index is -0.924. The molecule has 2 unspecified atom stereocenters. The Hall–Kier alpha value is -0.980. The molecule has 0 bridgehead atoms. The lowest BCUT2D eigenvalue weighted by molar-refractivity contribution is -0.146. The maximum atomic E-state index is 12.9. The summed E-state index contributed by atoms with van der Waals surface area (Å²) in [5.41, 5.74) is -1.25. The number of aliphatic hydroxyl groups is 1. The van der Waals surface area contributed by atoms with Crippen molar-refractivity contribution in [2.45, 2.75) is 110 Å². The van der Waals surface area contributed by atoms with Gasteiger partial charge in [-0.05, 0) is 65.2 Å². The molecule has 0 saturated heterocycles. The molecule has 6 heteroatoms. The van der Waals surface area contributed by atoms with Crippen LogP contribution in [0.15, 0.2) is 0 Å². The van der Waals surface area contributed by atoms with Gasteiger partial charge in [0.1, 0.15) is 11.9 Å². The number of rotatable bonds is 18. The second-order valence-electron chi connectivity index (χ2n) is 8.57. The molecule has 29 heavy (non-hydrogen) atoms. The number of aldehydes is 1. The Morgan fingerprint density at radius 3 is 2.31 bits per heavy atom. The van der Waals surface area contributed by atoms with Gasteiger partial charge in [0.15, 0.2) is 0 Å². The maximum absolute atomic E-state index is 12.9. The quantitative estimate of drug-likeness (QED) is 0.261. The van der Waals surface area contributed by atoms with Gasteiger partial charge in [-0.3, -0.25) is 4.79 Å². The van der Waals surface area contributed by atoms with Crippen molar-refractivity contribution in [3.63, 3.8) is 0 Å². The molecule has 0 aromatic heterocycles. The van der Waals surface area contributed by atoms with Crippen LogP contribution in [0, 0.1) is 5.92 Å². The van der Waals surface area contributed by atoms with Crippen LogP contribution in [-0.2, 0) is 19.1 Å². The maximum Gasteiger partial charge on any atom is 0.252 e. The Bertz CT molecular complexity index is 445. The summed E-state index contributed by atoms with van der Waals surface area (Å²) in [7, 11) is 0. The number of carbonyl (C=O) groups is 2. The van der Waals surface area contributed by atoms with Gasteiger partial charge in [-0.25, -0.2) is 0 Å². The fourth-order valence-corrected chi connectivity index (χ4v) is 3.23. The zero-order valence-corrected chi connectivity index (χ0v) is 19.6. The predicted octanol–water partition coefficient (Wildman–Crippen LogP) is 4.03. The van der Waals surface area contributed by atoms with Gasteiger partial charge in [0.25, 0.3) is 5.91 Å². The van der Waals surface area contributed by atoms with Crippen molar-refractivity contribution in [2.24, 2.45) is 5.92 Å². The van der Waals surface area contributed by atoms with Crippen LogP contribution < -0.4 is 5.32 Å². The Morgan fingerprint density at radius 1 is 1.14 bits per heavy atom. The van der Waals surface area contributed by atoms with Crippen LogP contribution in [0.25, 0.3) is 0 Å². The first-order chi connectivity index (χ1) is 13.7. The molecular weight excluding hydrogens is 370 g/mol. The fourth-order valence-electron chi connectivity index (χ4n) is 3.23. The largest absolute Gasteiger partial charge is 0.396 e. The summed E-state index contributed by atoms with van der Waals surface area (Å²) in [4.78, 5) is 23.3. The van der Waals surface area contributed by atoms with E-state index in [4.69, 9.17) is 9.47 Å². The zero-order chi connectivity index (χ0) is 22.3. The van der Waals surface area contributed by atoms with E-state index in [9.17, 15) is 14.7 Å². The van der Waals surface area contributed by atoms with Gasteiger partial charge >= 0.3 is 0 Å². The summed E-state index contributed by atoms with van der Waals surface area (Å²) in [5.74, 6) is 0.0992. The fraction of sp³-hybridized carbons (Fsp3) is 0.913. The van der Waals surface area contributed by atoms with Gasteiger partial charge in [0, 0.05) is 31.8 Å². The third kappa shape index (κ3) is 11.1. The number of aliphatic hydroxyl groups excluding tert-OH is 1. The molecule has 0 spiro atoms. The zero-order valence-electron chi connectivity index (χ0n) is 19.6. The van der Waals surface area contributed by atoms with Gasteiger partial charge in [-0.15, -0.1) is 0 Å². The number of hydrogen-bond acceptors (Lipinski definition) is 5. The molecule has 2 atom stereocenters. The van der Waals surface area contributed by atoms with E-state index in [-0.39, 0.29) is 30.1 Å². The Morgan fingerprint density at radius 2 is 1.79 bits per heavy atom. The van der Waals surface area contributed by atoms with Crippen molar-refractivity contribution < 1.29 is 24.2 Å². The van der Waals surface area contributed by atoms with Crippen LogP contribution in [0.3, 0.4) is 0 Å². The van der Waals surface area contributed by atoms with Crippen LogP contribution in [0.4, 0.5) is 0 Å². The van der Waals surface area contributed by atoms with Gasteiger partial charge in [-0.2, -0.15) is 0 Å². The third-order valence-electron chi connectivity index (χ3n) is 6.02. The van der Waals surface area contributed by atoms with Crippen LogP contribution in [0.1, 0.15) is 92.9 Å². The Labute approximate surface area is 178 Å². The molecule has 0 aliphatic rings.